The zero-order chi connectivity index (χ0) is 21.4. The number of ether oxygens (including phenoxy) is 2. The van der Waals surface area contributed by atoms with E-state index >= 15 is 0 Å². The highest BCUT2D eigenvalue weighted by Crippen LogP contribution is 2.21. The molecule has 0 saturated heterocycles. The Morgan fingerprint density at radius 2 is 1.79 bits per heavy atom. The van der Waals surface area contributed by atoms with Gasteiger partial charge in [-0.2, -0.15) is 0 Å². The number of rotatable bonds is 10. The maximum Gasteiger partial charge on any atom is 0.241 e. The normalized spacial score (nSPS) is 11.2. The van der Waals surface area contributed by atoms with Crippen LogP contribution >= 0.6 is 0 Å². The monoisotopic (exact) mass is 420 g/mol. The summed E-state index contributed by atoms with van der Waals surface area (Å²) in [5.74, 6) is 0.955. The average molecular weight is 421 g/mol. The molecule has 0 heterocycles. The highest BCUT2D eigenvalue weighted by molar-refractivity contribution is 7.92. The molecule has 0 aliphatic carbocycles. The van der Waals surface area contributed by atoms with E-state index in [1.54, 1.807) is 24.3 Å². The molecule has 1 N–H and O–H groups in total. The second kappa shape index (κ2) is 10.2. The fraction of sp³-hybridized carbons (Fsp3) is 0.381. The lowest BCUT2D eigenvalue weighted by Crippen LogP contribution is -2.40. The fourth-order valence-corrected chi connectivity index (χ4v) is 3.52. The second-order valence-corrected chi connectivity index (χ2v) is 8.69. The van der Waals surface area contributed by atoms with Crippen LogP contribution < -0.4 is 19.1 Å². The number of carbonyl (C=O) groups excluding carboxylic acids is 1. The lowest BCUT2D eigenvalue weighted by atomic mass is 10.2. The number of amides is 1. The zero-order valence-corrected chi connectivity index (χ0v) is 18.0. The van der Waals surface area contributed by atoms with Crippen LogP contribution in [0.2, 0.25) is 0 Å². The molecule has 0 bridgehead atoms. The third-order valence-corrected chi connectivity index (χ3v) is 5.02. The van der Waals surface area contributed by atoms with Crippen molar-refractivity contribution in [1.29, 1.82) is 0 Å². The quantitative estimate of drug-likeness (QED) is 0.639. The fourth-order valence-electron chi connectivity index (χ4n) is 2.66. The molecular weight excluding hydrogens is 392 g/mol. The van der Waals surface area contributed by atoms with Crippen LogP contribution in [-0.4, -0.2) is 39.8 Å². The Balaban J connectivity index is 2.03. The molecule has 0 aliphatic heterocycles. The summed E-state index contributed by atoms with van der Waals surface area (Å²) < 4.78 is 36.5. The summed E-state index contributed by atoms with van der Waals surface area (Å²) in [6, 6.07) is 14.0. The van der Waals surface area contributed by atoms with Gasteiger partial charge in [0.25, 0.3) is 0 Å². The number of benzene rings is 2. The molecule has 0 aliphatic rings. The van der Waals surface area contributed by atoms with Crippen LogP contribution in [0.25, 0.3) is 0 Å². The summed E-state index contributed by atoms with van der Waals surface area (Å²) >= 11 is 0. The lowest BCUT2D eigenvalue weighted by molar-refractivity contribution is -0.119. The Morgan fingerprint density at radius 3 is 2.38 bits per heavy atom. The number of nitrogens with zero attached hydrogens (tertiary/aromatic N) is 1. The summed E-state index contributed by atoms with van der Waals surface area (Å²) in [5.41, 5.74) is 1.27. The highest BCUT2D eigenvalue weighted by atomic mass is 32.2. The maximum atomic E-state index is 12.4. The molecule has 7 nitrogen and oxygen atoms in total. The van der Waals surface area contributed by atoms with Gasteiger partial charge in [-0.15, -0.1) is 0 Å². The Hall–Kier alpha value is -2.74. The third kappa shape index (κ3) is 7.30. The number of nitrogens with one attached hydrogen (secondary N) is 1. The molecule has 0 spiro atoms. The molecule has 8 heteroatoms. The zero-order valence-electron chi connectivity index (χ0n) is 17.2. The predicted octanol–water partition coefficient (Wildman–Crippen LogP) is 2.95. The summed E-state index contributed by atoms with van der Waals surface area (Å²) in [5, 5.41) is 2.76. The molecular formula is C21H28N2O5S. The molecule has 0 saturated carbocycles. The van der Waals surface area contributed by atoms with Gasteiger partial charge in [0, 0.05) is 6.54 Å². The van der Waals surface area contributed by atoms with E-state index in [9.17, 15) is 13.2 Å². The van der Waals surface area contributed by atoms with E-state index < -0.39 is 15.9 Å². The van der Waals surface area contributed by atoms with Gasteiger partial charge in [-0.3, -0.25) is 9.10 Å². The van der Waals surface area contributed by atoms with Gasteiger partial charge in [-0.25, -0.2) is 8.42 Å². The number of hydrogen-bond donors (Lipinski definition) is 1. The van der Waals surface area contributed by atoms with Gasteiger partial charge < -0.3 is 14.8 Å². The summed E-state index contributed by atoms with van der Waals surface area (Å²) in [4.78, 5) is 12.4. The molecule has 29 heavy (non-hydrogen) atoms. The van der Waals surface area contributed by atoms with Crippen molar-refractivity contribution in [1.82, 2.24) is 5.32 Å². The Labute approximate surface area is 172 Å². The molecule has 158 valence electrons. The number of hydrogen-bond acceptors (Lipinski definition) is 5. The van der Waals surface area contributed by atoms with Gasteiger partial charge in [-0.1, -0.05) is 12.1 Å². The van der Waals surface area contributed by atoms with Crippen LogP contribution in [0.4, 0.5) is 5.69 Å². The Kier molecular flexibility index (Phi) is 7.90. The van der Waals surface area contributed by atoms with Gasteiger partial charge in [-0.05, 0) is 62.7 Å². The van der Waals surface area contributed by atoms with Crippen molar-refractivity contribution in [2.45, 2.75) is 33.4 Å². The molecule has 0 radical (unpaired) electrons. The van der Waals surface area contributed by atoms with Crippen LogP contribution in [0.15, 0.2) is 48.5 Å². The van der Waals surface area contributed by atoms with Crippen molar-refractivity contribution in [2.24, 2.45) is 0 Å². The SMILES string of the molecule is CCOc1ccc(N(CC(=O)NCc2cccc(OC(C)C)c2)S(C)(=O)=O)cc1. The molecule has 2 aromatic rings. The molecule has 1 amide bonds. The van der Waals surface area contributed by atoms with Crippen molar-refractivity contribution >= 4 is 21.6 Å². The van der Waals surface area contributed by atoms with Gasteiger partial charge in [0.15, 0.2) is 0 Å². The van der Waals surface area contributed by atoms with Crippen LogP contribution in [-0.2, 0) is 21.4 Å². The van der Waals surface area contributed by atoms with Crippen LogP contribution in [0.3, 0.4) is 0 Å². The smallest absolute Gasteiger partial charge is 0.241 e. The standard InChI is InChI=1S/C21H28N2O5S/c1-5-27-19-11-9-18(10-12-19)23(29(4,25)26)15-21(24)22-14-17-7-6-8-20(13-17)28-16(2)3/h6-13,16H,5,14-15H2,1-4H3,(H,22,24). The van der Waals surface area contributed by atoms with Crippen molar-refractivity contribution in [2.75, 3.05) is 23.7 Å². The van der Waals surface area contributed by atoms with Crippen LogP contribution in [0, 0.1) is 0 Å². The largest absolute Gasteiger partial charge is 0.494 e. The van der Waals surface area contributed by atoms with E-state index in [1.807, 2.05) is 45.0 Å². The highest BCUT2D eigenvalue weighted by Gasteiger charge is 2.20. The first-order chi connectivity index (χ1) is 13.7. The molecule has 2 aromatic carbocycles. The molecule has 0 aromatic heterocycles. The topological polar surface area (TPSA) is 84.9 Å². The van der Waals surface area contributed by atoms with E-state index in [1.165, 1.54) is 0 Å². The second-order valence-electron chi connectivity index (χ2n) is 6.79. The average Bonchev–Trinajstić information content (AvgIpc) is 2.64. The minimum absolute atomic E-state index is 0.0530. The minimum atomic E-state index is -3.63. The van der Waals surface area contributed by atoms with E-state index in [0.29, 0.717) is 18.0 Å². The van der Waals surface area contributed by atoms with E-state index in [4.69, 9.17) is 9.47 Å². The molecule has 0 fully saturated rings. The summed E-state index contributed by atoms with van der Waals surface area (Å²) in [7, 11) is -3.63. The molecule has 2 rings (SSSR count). The minimum Gasteiger partial charge on any atom is -0.494 e. The van der Waals surface area contributed by atoms with Gasteiger partial charge in [0.05, 0.1) is 24.7 Å². The van der Waals surface area contributed by atoms with Crippen LogP contribution in [0.1, 0.15) is 26.3 Å². The van der Waals surface area contributed by atoms with E-state index in [2.05, 4.69) is 5.32 Å². The van der Waals surface area contributed by atoms with Crippen molar-refractivity contribution in [3.63, 3.8) is 0 Å². The van der Waals surface area contributed by atoms with Crippen LogP contribution in [0.5, 0.6) is 11.5 Å². The molecule has 0 unspecified atom stereocenters. The third-order valence-electron chi connectivity index (χ3n) is 3.88. The van der Waals surface area contributed by atoms with Crippen molar-refractivity contribution in [3.05, 3.63) is 54.1 Å². The number of carbonyl (C=O) groups is 1. The Morgan fingerprint density at radius 1 is 1.10 bits per heavy atom. The predicted molar refractivity (Wildman–Crippen MR) is 114 cm³/mol. The molecule has 0 atom stereocenters. The van der Waals surface area contributed by atoms with Gasteiger partial charge in [0.1, 0.15) is 18.0 Å². The van der Waals surface area contributed by atoms with Gasteiger partial charge >= 0.3 is 0 Å². The lowest BCUT2D eigenvalue weighted by Gasteiger charge is -2.22. The Bertz CT molecular complexity index is 911. The van der Waals surface area contributed by atoms with Gasteiger partial charge in [0.2, 0.25) is 15.9 Å². The first-order valence-electron chi connectivity index (χ1n) is 9.42. The van der Waals surface area contributed by atoms with Crippen molar-refractivity contribution < 1.29 is 22.7 Å². The summed E-state index contributed by atoms with van der Waals surface area (Å²) in [6.45, 7) is 6.22. The first kappa shape index (κ1) is 22.5. The van der Waals surface area contributed by atoms with Crippen molar-refractivity contribution in [3.8, 4) is 11.5 Å². The first-order valence-corrected chi connectivity index (χ1v) is 11.3. The van der Waals surface area contributed by atoms with E-state index in [0.717, 1.165) is 21.9 Å². The number of sulfonamides is 1. The summed E-state index contributed by atoms with van der Waals surface area (Å²) in [6.07, 6.45) is 1.13. The van der Waals surface area contributed by atoms with E-state index in [-0.39, 0.29) is 19.2 Å². The maximum absolute atomic E-state index is 12.4. The number of anilines is 1.